The number of para-hydroxylation sites is 1. The van der Waals surface area contributed by atoms with Gasteiger partial charge in [-0.05, 0) is 29.8 Å². The van der Waals surface area contributed by atoms with Crippen molar-refractivity contribution in [3.63, 3.8) is 0 Å². The Labute approximate surface area is 118 Å². The summed E-state index contributed by atoms with van der Waals surface area (Å²) < 4.78 is 5.29. The van der Waals surface area contributed by atoms with E-state index in [1.54, 1.807) is 31.4 Å². The molecule has 0 bridgehead atoms. The first kappa shape index (κ1) is 14.4. The van der Waals surface area contributed by atoms with Gasteiger partial charge in [0.15, 0.2) is 0 Å². The summed E-state index contributed by atoms with van der Waals surface area (Å²) in [5.41, 5.74) is 1.82. The molecule has 0 aromatic heterocycles. The van der Waals surface area contributed by atoms with Gasteiger partial charge in [-0.25, -0.2) is 0 Å². The van der Waals surface area contributed by atoms with E-state index >= 15 is 0 Å². The molecule has 0 spiro atoms. The lowest BCUT2D eigenvalue weighted by Gasteiger charge is -2.11. The molecule has 0 heterocycles. The van der Waals surface area contributed by atoms with Crippen LogP contribution in [0.25, 0.3) is 0 Å². The largest absolute Gasteiger partial charge is 0.508 e. The number of aliphatic hydroxyl groups excluding tert-OH is 1. The minimum atomic E-state index is -0.600. The molecule has 4 N–H and O–H groups in total. The molecule has 1 atom stereocenters. The highest BCUT2D eigenvalue weighted by Crippen LogP contribution is 2.17. The molecular weight excluding hydrogens is 254 g/mol. The third-order valence-electron chi connectivity index (χ3n) is 3.20. The maximum atomic E-state index is 10.1. The second-order valence-electron chi connectivity index (χ2n) is 4.65. The maximum Gasteiger partial charge on any atom is 0.128 e. The van der Waals surface area contributed by atoms with E-state index < -0.39 is 6.10 Å². The van der Waals surface area contributed by atoms with Gasteiger partial charge in [0.1, 0.15) is 30.7 Å². The molecule has 0 radical (unpaired) electrons. The van der Waals surface area contributed by atoms with Gasteiger partial charge >= 0.3 is 0 Å². The number of methoxy groups -OCH3 is 1. The third-order valence-corrected chi connectivity index (χ3v) is 3.20. The molecule has 2 aromatic rings. The average Bonchev–Trinajstić information content (AvgIpc) is 2.47. The van der Waals surface area contributed by atoms with Crippen LogP contribution in [-0.4, -0.2) is 23.9 Å². The van der Waals surface area contributed by atoms with Gasteiger partial charge in [-0.3, -0.25) is 0 Å². The molecule has 4 nitrogen and oxygen atoms in total. The SMILES string of the molecule is COc1ccccc1C[NH2+]C[C@@H](O)c1cccc(O)c1. The van der Waals surface area contributed by atoms with E-state index in [0.717, 1.165) is 23.4 Å². The van der Waals surface area contributed by atoms with Gasteiger partial charge in [-0.1, -0.05) is 24.3 Å². The summed E-state index contributed by atoms with van der Waals surface area (Å²) in [5, 5.41) is 21.5. The van der Waals surface area contributed by atoms with Crippen molar-refractivity contribution in [3.05, 3.63) is 59.7 Å². The van der Waals surface area contributed by atoms with E-state index in [1.165, 1.54) is 0 Å². The number of hydrogen-bond donors (Lipinski definition) is 3. The molecule has 0 saturated carbocycles. The molecule has 2 rings (SSSR count). The van der Waals surface area contributed by atoms with Gasteiger partial charge in [0.25, 0.3) is 0 Å². The summed E-state index contributed by atoms with van der Waals surface area (Å²) in [5.74, 6) is 1.03. The Morgan fingerprint density at radius 3 is 2.70 bits per heavy atom. The zero-order chi connectivity index (χ0) is 14.4. The molecule has 0 aliphatic carbocycles. The van der Waals surface area contributed by atoms with Crippen LogP contribution >= 0.6 is 0 Å². The minimum Gasteiger partial charge on any atom is -0.508 e. The van der Waals surface area contributed by atoms with Crippen LogP contribution in [0.3, 0.4) is 0 Å². The van der Waals surface area contributed by atoms with E-state index in [4.69, 9.17) is 4.74 Å². The molecule has 0 unspecified atom stereocenters. The van der Waals surface area contributed by atoms with Crippen molar-refractivity contribution in [1.29, 1.82) is 0 Å². The van der Waals surface area contributed by atoms with Crippen LogP contribution in [0.1, 0.15) is 17.2 Å². The molecule has 106 valence electrons. The number of quaternary nitrogens is 1. The van der Waals surface area contributed by atoms with Crippen molar-refractivity contribution < 1.29 is 20.3 Å². The summed E-state index contributed by atoms with van der Waals surface area (Å²) in [6.45, 7) is 1.27. The fourth-order valence-electron chi connectivity index (χ4n) is 2.14. The molecule has 0 amide bonds. The second-order valence-corrected chi connectivity index (χ2v) is 4.65. The third kappa shape index (κ3) is 3.73. The van der Waals surface area contributed by atoms with Crippen molar-refractivity contribution in [1.82, 2.24) is 0 Å². The van der Waals surface area contributed by atoms with E-state index in [2.05, 4.69) is 0 Å². The molecule has 2 aromatic carbocycles. The Bertz CT molecular complexity index is 557. The summed E-state index contributed by atoms with van der Waals surface area (Å²) in [7, 11) is 1.65. The zero-order valence-corrected chi connectivity index (χ0v) is 11.5. The van der Waals surface area contributed by atoms with Crippen molar-refractivity contribution in [2.24, 2.45) is 0 Å². The second kappa shape index (κ2) is 6.93. The number of phenolic OH excluding ortho intramolecular Hbond substituents is 1. The number of ether oxygens (including phenoxy) is 1. The molecule has 20 heavy (non-hydrogen) atoms. The van der Waals surface area contributed by atoms with Crippen molar-refractivity contribution >= 4 is 0 Å². The molecule has 0 aliphatic rings. The van der Waals surface area contributed by atoms with Gasteiger partial charge < -0.3 is 20.3 Å². The Kier molecular flexibility index (Phi) is 4.98. The summed E-state index contributed by atoms with van der Waals surface area (Å²) in [6.07, 6.45) is -0.600. The predicted molar refractivity (Wildman–Crippen MR) is 76.6 cm³/mol. The first-order chi connectivity index (χ1) is 9.70. The first-order valence-electron chi connectivity index (χ1n) is 6.61. The minimum absolute atomic E-state index is 0.172. The monoisotopic (exact) mass is 274 g/mol. The number of aromatic hydroxyl groups is 1. The number of aliphatic hydroxyl groups is 1. The van der Waals surface area contributed by atoms with Crippen LogP contribution in [-0.2, 0) is 6.54 Å². The van der Waals surface area contributed by atoms with Gasteiger partial charge in [0.2, 0.25) is 0 Å². The topological polar surface area (TPSA) is 66.3 Å². The molecule has 0 aliphatic heterocycles. The standard InChI is InChI=1S/C16H19NO3/c1-20-16-8-3-2-5-13(16)10-17-11-15(19)12-6-4-7-14(18)9-12/h2-9,15,17-19H,10-11H2,1H3/p+1/t15-/m1/s1. The fourth-order valence-corrected chi connectivity index (χ4v) is 2.14. The van der Waals surface area contributed by atoms with Crippen LogP contribution < -0.4 is 10.1 Å². The van der Waals surface area contributed by atoms with Crippen LogP contribution in [0.4, 0.5) is 0 Å². The zero-order valence-electron chi connectivity index (χ0n) is 11.5. The van der Waals surface area contributed by atoms with Crippen molar-refractivity contribution in [3.8, 4) is 11.5 Å². The predicted octanol–water partition coefficient (Wildman–Crippen LogP) is 1.20. The van der Waals surface area contributed by atoms with Gasteiger partial charge in [0.05, 0.1) is 7.11 Å². The number of benzene rings is 2. The van der Waals surface area contributed by atoms with Crippen molar-refractivity contribution in [2.75, 3.05) is 13.7 Å². The lowest BCUT2D eigenvalue weighted by atomic mass is 10.1. The lowest BCUT2D eigenvalue weighted by molar-refractivity contribution is -0.677. The van der Waals surface area contributed by atoms with E-state index in [9.17, 15) is 10.2 Å². The highest BCUT2D eigenvalue weighted by Gasteiger charge is 2.11. The molecule has 0 saturated heterocycles. The van der Waals surface area contributed by atoms with E-state index in [1.807, 2.05) is 29.6 Å². The maximum absolute atomic E-state index is 10.1. The quantitative estimate of drug-likeness (QED) is 0.741. The lowest BCUT2D eigenvalue weighted by Crippen LogP contribution is -2.83. The average molecular weight is 274 g/mol. The fraction of sp³-hybridized carbons (Fsp3) is 0.250. The Morgan fingerprint density at radius 1 is 1.15 bits per heavy atom. The molecular formula is C16H20NO3+. The number of hydrogen-bond acceptors (Lipinski definition) is 3. The Balaban J connectivity index is 1.89. The highest BCUT2D eigenvalue weighted by atomic mass is 16.5. The molecule has 4 heteroatoms. The summed E-state index contributed by atoms with van der Waals surface area (Å²) >= 11 is 0. The number of phenols is 1. The van der Waals surface area contributed by atoms with E-state index in [-0.39, 0.29) is 5.75 Å². The normalized spacial score (nSPS) is 12.1. The summed E-state index contributed by atoms with van der Waals surface area (Å²) in [6, 6.07) is 14.6. The number of nitrogens with two attached hydrogens (primary N) is 1. The first-order valence-corrected chi connectivity index (χ1v) is 6.61. The van der Waals surface area contributed by atoms with Crippen LogP contribution in [0.2, 0.25) is 0 Å². The van der Waals surface area contributed by atoms with Crippen LogP contribution in [0.5, 0.6) is 11.5 Å². The highest BCUT2D eigenvalue weighted by molar-refractivity contribution is 5.32. The van der Waals surface area contributed by atoms with Gasteiger partial charge in [0, 0.05) is 5.56 Å². The smallest absolute Gasteiger partial charge is 0.128 e. The Morgan fingerprint density at radius 2 is 1.95 bits per heavy atom. The van der Waals surface area contributed by atoms with Gasteiger partial charge in [-0.15, -0.1) is 0 Å². The Hall–Kier alpha value is -2.04. The van der Waals surface area contributed by atoms with E-state index in [0.29, 0.717) is 6.54 Å². The summed E-state index contributed by atoms with van der Waals surface area (Å²) in [4.78, 5) is 0. The van der Waals surface area contributed by atoms with Crippen LogP contribution in [0.15, 0.2) is 48.5 Å². The number of rotatable bonds is 6. The van der Waals surface area contributed by atoms with Crippen LogP contribution in [0, 0.1) is 0 Å². The van der Waals surface area contributed by atoms with Gasteiger partial charge in [-0.2, -0.15) is 0 Å². The van der Waals surface area contributed by atoms with Crippen molar-refractivity contribution in [2.45, 2.75) is 12.6 Å². The molecule has 0 fully saturated rings.